The van der Waals surface area contributed by atoms with Crippen molar-refractivity contribution < 1.29 is 4.39 Å². The van der Waals surface area contributed by atoms with Gasteiger partial charge in [-0.3, -0.25) is 9.38 Å². The summed E-state index contributed by atoms with van der Waals surface area (Å²) in [5.41, 5.74) is 2.94. The first kappa shape index (κ1) is 13.5. The van der Waals surface area contributed by atoms with E-state index < -0.39 is 0 Å². The number of imidazole rings is 1. The SMILES string of the molecule is Fc1cccc(Nc2c(-c3ccccn3)nc3ccccn23)c1. The predicted octanol–water partition coefficient (Wildman–Crippen LogP) is 4.28. The lowest BCUT2D eigenvalue weighted by Crippen LogP contribution is -1.97. The van der Waals surface area contributed by atoms with E-state index in [0.29, 0.717) is 5.69 Å². The van der Waals surface area contributed by atoms with E-state index in [0.717, 1.165) is 22.9 Å². The quantitative estimate of drug-likeness (QED) is 0.614. The number of hydrogen-bond donors (Lipinski definition) is 1. The van der Waals surface area contributed by atoms with E-state index in [2.05, 4.69) is 15.3 Å². The minimum atomic E-state index is -0.289. The molecule has 3 aromatic heterocycles. The topological polar surface area (TPSA) is 42.2 Å². The first-order valence-electron chi connectivity index (χ1n) is 7.22. The summed E-state index contributed by atoms with van der Waals surface area (Å²) in [6.45, 7) is 0. The highest BCUT2D eigenvalue weighted by molar-refractivity contribution is 5.77. The Labute approximate surface area is 132 Å². The lowest BCUT2D eigenvalue weighted by Gasteiger charge is -2.08. The molecule has 0 saturated heterocycles. The number of rotatable bonds is 3. The average Bonchev–Trinajstić information content (AvgIpc) is 2.95. The highest BCUT2D eigenvalue weighted by Gasteiger charge is 2.15. The Hall–Kier alpha value is -3.21. The number of pyridine rings is 2. The van der Waals surface area contributed by atoms with E-state index >= 15 is 0 Å². The van der Waals surface area contributed by atoms with Crippen molar-refractivity contribution in [2.75, 3.05) is 5.32 Å². The molecule has 4 aromatic rings. The van der Waals surface area contributed by atoms with Crippen LogP contribution in [0.3, 0.4) is 0 Å². The summed E-state index contributed by atoms with van der Waals surface area (Å²) in [7, 11) is 0. The van der Waals surface area contributed by atoms with Crippen LogP contribution < -0.4 is 5.32 Å². The van der Waals surface area contributed by atoms with Gasteiger partial charge >= 0.3 is 0 Å². The smallest absolute Gasteiger partial charge is 0.144 e. The fourth-order valence-electron chi connectivity index (χ4n) is 2.50. The molecule has 0 aliphatic heterocycles. The van der Waals surface area contributed by atoms with Crippen molar-refractivity contribution in [3.63, 3.8) is 0 Å². The lowest BCUT2D eigenvalue weighted by atomic mass is 10.2. The van der Waals surface area contributed by atoms with Crippen LogP contribution in [0.5, 0.6) is 0 Å². The van der Waals surface area contributed by atoms with E-state index in [1.165, 1.54) is 12.1 Å². The molecule has 4 nitrogen and oxygen atoms in total. The largest absolute Gasteiger partial charge is 0.339 e. The molecular formula is C18H13FN4. The van der Waals surface area contributed by atoms with Gasteiger partial charge in [0.05, 0.1) is 5.69 Å². The Morgan fingerprint density at radius 3 is 2.70 bits per heavy atom. The Bertz CT molecular complexity index is 963. The standard InChI is InChI=1S/C18H13FN4/c19-13-6-5-7-14(12-13)21-18-17(15-8-1-3-10-20-15)22-16-9-2-4-11-23(16)18/h1-12,21H. The first-order valence-corrected chi connectivity index (χ1v) is 7.22. The molecule has 3 heterocycles. The van der Waals surface area contributed by atoms with Gasteiger partial charge in [-0.05, 0) is 42.5 Å². The summed E-state index contributed by atoms with van der Waals surface area (Å²) in [6, 6.07) is 17.8. The van der Waals surface area contributed by atoms with Gasteiger partial charge in [-0.1, -0.05) is 18.2 Å². The minimum Gasteiger partial charge on any atom is -0.339 e. The molecule has 1 aromatic carbocycles. The van der Waals surface area contributed by atoms with Crippen LogP contribution in [0, 0.1) is 5.82 Å². The molecule has 0 unspecified atom stereocenters. The number of benzene rings is 1. The fraction of sp³-hybridized carbons (Fsp3) is 0. The molecule has 0 atom stereocenters. The summed E-state index contributed by atoms with van der Waals surface area (Å²) < 4.78 is 15.4. The molecular weight excluding hydrogens is 291 g/mol. The summed E-state index contributed by atoms with van der Waals surface area (Å²) in [5.74, 6) is 0.466. The number of fused-ring (bicyclic) bond motifs is 1. The van der Waals surface area contributed by atoms with Crippen molar-refractivity contribution in [3.05, 3.63) is 78.9 Å². The second-order valence-electron chi connectivity index (χ2n) is 5.09. The lowest BCUT2D eigenvalue weighted by molar-refractivity contribution is 0.628. The van der Waals surface area contributed by atoms with Crippen molar-refractivity contribution in [1.82, 2.24) is 14.4 Å². The Morgan fingerprint density at radius 2 is 1.87 bits per heavy atom. The number of aromatic nitrogens is 3. The Balaban J connectivity index is 1.89. The second-order valence-corrected chi connectivity index (χ2v) is 5.09. The number of halogens is 1. The van der Waals surface area contributed by atoms with Crippen LogP contribution in [-0.4, -0.2) is 14.4 Å². The van der Waals surface area contributed by atoms with E-state index in [1.54, 1.807) is 12.3 Å². The van der Waals surface area contributed by atoms with Gasteiger partial charge in [-0.2, -0.15) is 0 Å². The molecule has 0 spiro atoms. The molecule has 0 bridgehead atoms. The monoisotopic (exact) mass is 304 g/mol. The molecule has 0 saturated carbocycles. The fourth-order valence-corrected chi connectivity index (χ4v) is 2.50. The summed E-state index contributed by atoms with van der Waals surface area (Å²) in [6.07, 6.45) is 3.64. The van der Waals surface area contributed by atoms with Gasteiger partial charge < -0.3 is 5.32 Å². The zero-order valence-corrected chi connectivity index (χ0v) is 12.1. The highest BCUT2D eigenvalue weighted by Crippen LogP contribution is 2.29. The van der Waals surface area contributed by atoms with Gasteiger partial charge in [-0.15, -0.1) is 0 Å². The number of anilines is 2. The van der Waals surface area contributed by atoms with E-state index in [9.17, 15) is 4.39 Å². The van der Waals surface area contributed by atoms with Crippen molar-refractivity contribution >= 4 is 17.2 Å². The molecule has 5 heteroatoms. The molecule has 0 radical (unpaired) electrons. The highest BCUT2D eigenvalue weighted by atomic mass is 19.1. The van der Waals surface area contributed by atoms with Gasteiger partial charge in [0.2, 0.25) is 0 Å². The van der Waals surface area contributed by atoms with E-state index in [-0.39, 0.29) is 5.82 Å². The Kier molecular flexibility index (Phi) is 3.24. The number of hydrogen-bond acceptors (Lipinski definition) is 3. The molecule has 0 fully saturated rings. The maximum Gasteiger partial charge on any atom is 0.144 e. The van der Waals surface area contributed by atoms with Crippen LogP contribution in [0.1, 0.15) is 0 Å². The van der Waals surface area contributed by atoms with E-state index in [4.69, 9.17) is 0 Å². The number of nitrogens with zero attached hydrogens (tertiary/aromatic N) is 3. The van der Waals surface area contributed by atoms with Crippen LogP contribution in [0.15, 0.2) is 73.1 Å². The van der Waals surface area contributed by atoms with Crippen molar-refractivity contribution in [3.8, 4) is 11.4 Å². The van der Waals surface area contributed by atoms with Gasteiger partial charge in [0.15, 0.2) is 0 Å². The zero-order chi connectivity index (χ0) is 15.6. The molecule has 0 amide bonds. The summed E-state index contributed by atoms with van der Waals surface area (Å²) in [4.78, 5) is 9.02. The molecule has 112 valence electrons. The van der Waals surface area contributed by atoms with Crippen molar-refractivity contribution in [2.24, 2.45) is 0 Å². The molecule has 0 aliphatic carbocycles. The number of nitrogens with one attached hydrogen (secondary N) is 1. The molecule has 4 rings (SSSR count). The first-order chi connectivity index (χ1) is 11.3. The summed E-state index contributed by atoms with van der Waals surface area (Å²) >= 11 is 0. The van der Waals surface area contributed by atoms with Crippen LogP contribution in [-0.2, 0) is 0 Å². The molecule has 23 heavy (non-hydrogen) atoms. The normalized spacial score (nSPS) is 10.8. The zero-order valence-electron chi connectivity index (χ0n) is 12.1. The van der Waals surface area contributed by atoms with Crippen LogP contribution in [0.4, 0.5) is 15.9 Å². The molecule has 1 N–H and O–H groups in total. The van der Waals surface area contributed by atoms with Gasteiger partial charge in [0.1, 0.15) is 23.0 Å². The average molecular weight is 304 g/mol. The third-order valence-corrected chi connectivity index (χ3v) is 3.52. The van der Waals surface area contributed by atoms with Gasteiger partial charge in [0.25, 0.3) is 0 Å². The third kappa shape index (κ3) is 2.53. The van der Waals surface area contributed by atoms with E-state index in [1.807, 2.05) is 53.1 Å². The predicted molar refractivity (Wildman–Crippen MR) is 88.1 cm³/mol. The van der Waals surface area contributed by atoms with Crippen LogP contribution in [0.25, 0.3) is 17.0 Å². The minimum absolute atomic E-state index is 0.289. The van der Waals surface area contributed by atoms with Crippen molar-refractivity contribution in [1.29, 1.82) is 0 Å². The van der Waals surface area contributed by atoms with Crippen molar-refractivity contribution in [2.45, 2.75) is 0 Å². The summed E-state index contributed by atoms with van der Waals surface area (Å²) in [5, 5.41) is 3.26. The second kappa shape index (κ2) is 5.53. The van der Waals surface area contributed by atoms with Gasteiger partial charge in [0, 0.05) is 18.1 Å². The maximum absolute atomic E-state index is 13.5. The van der Waals surface area contributed by atoms with Gasteiger partial charge in [-0.25, -0.2) is 9.37 Å². The Morgan fingerprint density at radius 1 is 0.957 bits per heavy atom. The van der Waals surface area contributed by atoms with Crippen LogP contribution in [0.2, 0.25) is 0 Å². The third-order valence-electron chi connectivity index (χ3n) is 3.52. The van der Waals surface area contributed by atoms with Crippen LogP contribution >= 0.6 is 0 Å². The maximum atomic E-state index is 13.5. The molecule has 0 aliphatic rings.